The van der Waals surface area contributed by atoms with Crippen molar-refractivity contribution in [3.05, 3.63) is 106 Å². The Balaban J connectivity index is 1.32. The highest BCUT2D eigenvalue weighted by molar-refractivity contribution is 5.74. The number of aliphatic hydroxyl groups excluding tert-OH is 4. The Bertz CT molecular complexity index is 1680. The summed E-state index contributed by atoms with van der Waals surface area (Å²) in [5.41, 5.74) is 4.66. The van der Waals surface area contributed by atoms with Crippen LogP contribution in [0.4, 0.5) is 0 Å². The number of benzene rings is 1. The van der Waals surface area contributed by atoms with E-state index in [1.165, 1.54) is 11.1 Å². The van der Waals surface area contributed by atoms with Crippen molar-refractivity contribution in [3.63, 3.8) is 0 Å². The molecule has 1 spiro atoms. The fourth-order valence-electron chi connectivity index (χ4n) is 11.3. The zero-order valence-electron chi connectivity index (χ0n) is 32.6. The summed E-state index contributed by atoms with van der Waals surface area (Å²) in [6, 6.07) is 8.88. The summed E-state index contributed by atoms with van der Waals surface area (Å²) in [5.74, 6) is -0.635. The molecular formula is C46H64N2O6. The molecule has 0 aromatic heterocycles. The molecule has 1 aromatic carbocycles. The van der Waals surface area contributed by atoms with Crippen molar-refractivity contribution in [3.8, 4) is 0 Å². The lowest BCUT2D eigenvalue weighted by molar-refractivity contribution is -0.194. The Labute approximate surface area is 322 Å². The van der Waals surface area contributed by atoms with Crippen LogP contribution in [0.25, 0.3) is 0 Å². The van der Waals surface area contributed by atoms with Crippen molar-refractivity contribution in [2.45, 2.75) is 102 Å². The van der Waals surface area contributed by atoms with Gasteiger partial charge in [0.25, 0.3) is 0 Å². The normalized spacial score (nSPS) is 37.8. The summed E-state index contributed by atoms with van der Waals surface area (Å²) in [4.78, 5) is 12.3. The Morgan fingerprint density at radius 3 is 2.61 bits per heavy atom. The van der Waals surface area contributed by atoms with Crippen LogP contribution >= 0.6 is 0 Å². The number of allylic oxidation sites excluding steroid dienone is 9. The standard InChI is InChI=1S/C46H64N2O6/c1-29(40-24-33-10-6-9-32(23-33)22-31(3)48-44(53)36-12-7-11-35(40)25-36)8-5-13-38(28-51)39-16-18-46(43(39)52)42-34(17-21-49)14-15-37(41(42)30(2)27-50)26-45(46,54)19-20-47-4/h5-6,8-10,13-15,23,25,27,31,34-35,37,39-40,42-44,47-49,51-54H,1,7,11-12,16-22,24,26,28H2,2-4H3. The summed E-state index contributed by atoms with van der Waals surface area (Å²) in [5, 5.41) is 64.1. The van der Waals surface area contributed by atoms with Crippen molar-refractivity contribution in [1.82, 2.24) is 10.6 Å². The van der Waals surface area contributed by atoms with Crippen molar-refractivity contribution in [1.29, 1.82) is 0 Å². The first-order valence-electron chi connectivity index (χ1n) is 20.4. The highest BCUT2D eigenvalue weighted by atomic mass is 16.3. The molecule has 294 valence electrons. The second kappa shape index (κ2) is 17.5. The number of aldehydes is 1. The second-order valence-corrected chi connectivity index (χ2v) is 17.1. The van der Waals surface area contributed by atoms with Crippen LogP contribution in [0, 0.1) is 40.9 Å². The van der Waals surface area contributed by atoms with Gasteiger partial charge in [-0.25, -0.2) is 0 Å². The fourth-order valence-corrected chi connectivity index (χ4v) is 11.3. The maximum absolute atomic E-state index is 12.8. The molecule has 8 nitrogen and oxygen atoms in total. The molecule has 1 aliphatic heterocycles. The van der Waals surface area contributed by atoms with Crippen LogP contribution in [0.3, 0.4) is 0 Å². The van der Waals surface area contributed by atoms with Gasteiger partial charge in [0.15, 0.2) is 0 Å². The smallest absolute Gasteiger partial charge is 0.145 e. The molecule has 1 heterocycles. The first-order valence-corrected chi connectivity index (χ1v) is 20.4. The highest BCUT2D eigenvalue weighted by Gasteiger charge is 2.68. The van der Waals surface area contributed by atoms with E-state index in [4.69, 9.17) is 0 Å². The molecule has 8 heteroatoms. The minimum Gasteiger partial charge on any atom is -0.396 e. The van der Waals surface area contributed by atoms with Gasteiger partial charge in [0.2, 0.25) is 0 Å². The first-order chi connectivity index (χ1) is 26.0. The zero-order valence-corrected chi connectivity index (χ0v) is 32.6. The third kappa shape index (κ3) is 7.86. The number of carbonyl (C=O) groups excluding carboxylic acids is 1. The average molecular weight is 741 g/mol. The van der Waals surface area contributed by atoms with E-state index >= 15 is 0 Å². The van der Waals surface area contributed by atoms with Gasteiger partial charge in [0.05, 0.1) is 18.3 Å². The van der Waals surface area contributed by atoms with Gasteiger partial charge in [-0.05, 0) is 143 Å². The van der Waals surface area contributed by atoms with Gasteiger partial charge in [-0.15, -0.1) is 0 Å². The molecule has 7 N–H and O–H groups in total. The minimum atomic E-state index is -1.23. The quantitative estimate of drug-likeness (QED) is 0.0705. The third-order valence-corrected chi connectivity index (χ3v) is 13.9. The van der Waals surface area contributed by atoms with Crippen LogP contribution in [-0.2, 0) is 17.6 Å². The molecular weight excluding hydrogens is 677 g/mol. The van der Waals surface area contributed by atoms with Gasteiger partial charge in [-0.3, -0.25) is 10.1 Å². The van der Waals surface area contributed by atoms with E-state index in [1.54, 1.807) is 0 Å². The van der Waals surface area contributed by atoms with Crippen LogP contribution in [0.15, 0.2) is 95.2 Å². The van der Waals surface area contributed by atoms with Crippen molar-refractivity contribution >= 4 is 6.29 Å². The molecule has 0 saturated heterocycles. The van der Waals surface area contributed by atoms with Crippen LogP contribution in [0.1, 0.15) is 76.3 Å². The third-order valence-electron chi connectivity index (χ3n) is 13.9. The molecule has 1 aromatic rings. The van der Waals surface area contributed by atoms with E-state index < -0.39 is 29.3 Å². The van der Waals surface area contributed by atoms with E-state index in [9.17, 15) is 30.3 Å². The molecule has 6 rings (SSSR count). The largest absolute Gasteiger partial charge is 0.396 e. The predicted molar refractivity (Wildman–Crippen MR) is 214 cm³/mol. The van der Waals surface area contributed by atoms with Crippen molar-refractivity contribution in [2.75, 3.05) is 26.8 Å². The first kappa shape index (κ1) is 40.7. The van der Waals surface area contributed by atoms with Gasteiger partial charge in [0.1, 0.15) is 12.5 Å². The minimum absolute atomic E-state index is 0.0360. The molecule has 2 fully saturated rings. The van der Waals surface area contributed by atoms with Crippen molar-refractivity contribution < 1.29 is 30.3 Å². The number of fused-ring (bicyclic) bond motifs is 6. The number of hydrogen-bond acceptors (Lipinski definition) is 8. The SMILES string of the molecule is C=C(C=CC=C(CO)C1CCC2(C1O)C1C(=C(C)C=O)C(C=CC1CCO)CC2(O)CCNC)C1Cc2cccc(c2)CC(C)NC(O)C2=CC1CCC2. The lowest BCUT2D eigenvalue weighted by Gasteiger charge is -2.61. The molecule has 54 heavy (non-hydrogen) atoms. The van der Waals surface area contributed by atoms with Gasteiger partial charge in [-0.1, -0.05) is 78.4 Å². The lowest BCUT2D eigenvalue weighted by atomic mass is 9.45. The number of aliphatic hydroxyl groups is 5. The molecule has 4 aliphatic carbocycles. The number of carbonyl (C=O) groups is 1. The van der Waals surface area contributed by atoms with Crippen LogP contribution in [0.2, 0.25) is 0 Å². The fraction of sp³-hybridized carbons (Fsp3) is 0.587. The molecule has 5 aliphatic rings. The summed E-state index contributed by atoms with van der Waals surface area (Å²) in [7, 11) is 1.86. The molecule has 11 unspecified atom stereocenters. The van der Waals surface area contributed by atoms with Crippen LogP contribution in [-0.4, -0.2) is 82.6 Å². The highest BCUT2D eigenvalue weighted by Crippen LogP contribution is 2.67. The summed E-state index contributed by atoms with van der Waals surface area (Å²) >= 11 is 0. The maximum atomic E-state index is 12.8. The van der Waals surface area contributed by atoms with Crippen LogP contribution in [0.5, 0.6) is 0 Å². The topological polar surface area (TPSA) is 142 Å². The van der Waals surface area contributed by atoms with E-state index in [0.29, 0.717) is 49.8 Å². The van der Waals surface area contributed by atoms with Gasteiger partial charge in [-0.2, -0.15) is 0 Å². The number of nitrogens with one attached hydrogen (secondary N) is 2. The summed E-state index contributed by atoms with van der Waals surface area (Å²) in [6.07, 6.45) is 18.6. The van der Waals surface area contributed by atoms with Gasteiger partial charge >= 0.3 is 0 Å². The summed E-state index contributed by atoms with van der Waals surface area (Å²) < 4.78 is 0. The van der Waals surface area contributed by atoms with Crippen LogP contribution < -0.4 is 10.6 Å². The Hall–Kier alpha value is -2.95. The molecule has 6 bridgehead atoms. The Morgan fingerprint density at radius 1 is 1.11 bits per heavy atom. The Kier molecular flexibility index (Phi) is 13.2. The average Bonchev–Trinajstić information content (AvgIpc) is 3.51. The zero-order chi connectivity index (χ0) is 38.6. The Morgan fingerprint density at radius 2 is 1.89 bits per heavy atom. The van der Waals surface area contributed by atoms with E-state index in [-0.39, 0.29) is 48.8 Å². The monoisotopic (exact) mass is 740 g/mol. The maximum Gasteiger partial charge on any atom is 0.145 e. The van der Waals surface area contributed by atoms with Gasteiger partial charge in [0, 0.05) is 29.9 Å². The molecule has 11 atom stereocenters. The van der Waals surface area contributed by atoms with Gasteiger partial charge < -0.3 is 30.8 Å². The van der Waals surface area contributed by atoms with Crippen molar-refractivity contribution in [2.24, 2.45) is 40.9 Å². The molecule has 2 saturated carbocycles. The second-order valence-electron chi connectivity index (χ2n) is 17.1. The summed E-state index contributed by atoms with van der Waals surface area (Å²) in [6.45, 7) is 8.83. The lowest BCUT2D eigenvalue weighted by Crippen LogP contribution is -2.65. The van der Waals surface area contributed by atoms with E-state index in [1.807, 2.05) is 32.2 Å². The number of hydrogen-bond donors (Lipinski definition) is 7. The predicted octanol–water partition coefficient (Wildman–Crippen LogP) is 5.27. The number of rotatable bonds is 11. The van der Waals surface area contributed by atoms with E-state index in [0.717, 1.165) is 55.1 Å². The molecule has 0 amide bonds. The molecule has 0 radical (unpaired) electrons. The van der Waals surface area contributed by atoms with E-state index in [2.05, 4.69) is 66.6 Å².